The Kier molecular flexibility index (Phi) is 4.61. The summed E-state index contributed by atoms with van der Waals surface area (Å²) in [7, 11) is 0. The monoisotopic (exact) mass is 278 g/mol. The maximum absolute atomic E-state index is 13.5. The number of rotatable bonds is 5. The van der Waals surface area contributed by atoms with Crippen molar-refractivity contribution in [3.05, 3.63) is 41.6 Å². The highest BCUT2D eigenvalue weighted by molar-refractivity contribution is 5.97. The number of fused-ring (bicyclic) bond motifs is 1. The summed E-state index contributed by atoms with van der Waals surface area (Å²) < 4.78 is 26.5. The van der Waals surface area contributed by atoms with Crippen LogP contribution in [0.15, 0.2) is 24.4 Å². The smallest absolute Gasteiger partial charge is 0.252 e. The number of amides is 1. The van der Waals surface area contributed by atoms with Crippen LogP contribution in [0.3, 0.4) is 0 Å². The lowest BCUT2D eigenvalue weighted by Crippen LogP contribution is -2.24. The van der Waals surface area contributed by atoms with E-state index in [2.05, 4.69) is 17.2 Å². The summed E-state index contributed by atoms with van der Waals surface area (Å²) in [4.78, 5) is 15.7. The first-order valence-corrected chi connectivity index (χ1v) is 6.65. The molecule has 0 aliphatic rings. The van der Waals surface area contributed by atoms with Crippen LogP contribution in [-0.4, -0.2) is 17.4 Å². The number of aromatic nitrogens is 1. The van der Waals surface area contributed by atoms with Crippen molar-refractivity contribution >= 4 is 16.8 Å². The molecule has 0 unspecified atom stereocenters. The number of carbonyl (C=O) groups excluding carboxylic acids is 1. The first-order valence-electron chi connectivity index (χ1n) is 6.65. The highest BCUT2D eigenvalue weighted by atomic mass is 19.2. The van der Waals surface area contributed by atoms with Gasteiger partial charge in [0.2, 0.25) is 0 Å². The summed E-state index contributed by atoms with van der Waals surface area (Å²) in [5, 5.41) is 3.19. The molecule has 3 nitrogen and oxygen atoms in total. The van der Waals surface area contributed by atoms with Crippen LogP contribution >= 0.6 is 0 Å². The number of halogens is 2. The second-order valence-corrected chi connectivity index (χ2v) is 4.62. The van der Waals surface area contributed by atoms with E-state index in [4.69, 9.17) is 0 Å². The minimum atomic E-state index is -0.989. The zero-order valence-electron chi connectivity index (χ0n) is 11.2. The third kappa shape index (κ3) is 3.10. The van der Waals surface area contributed by atoms with Crippen molar-refractivity contribution in [3.8, 4) is 0 Å². The zero-order chi connectivity index (χ0) is 14.5. The van der Waals surface area contributed by atoms with Crippen LogP contribution in [0.4, 0.5) is 8.78 Å². The van der Waals surface area contributed by atoms with Gasteiger partial charge in [-0.3, -0.25) is 9.78 Å². The van der Waals surface area contributed by atoms with Gasteiger partial charge in [-0.1, -0.05) is 19.8 Å². The summed E-state index contributed by atoms with van der Waals surface area (Å²) >= 11 is 0. The Hall–Kier alpha value is -2.04. The van der Waals surface area contributed by atoms with E-state index in [1.807, 2.05) is 0 Å². The fraction of sp³-hybridized carbons (Fsp3) is 0.333. The van der Waals surface area contributed by atoms with Crippen LogP contribution < -0.4 is 5.32 Å². The molecule has 5 heteroatoms. The van der Waals surface area contributed by atoms with Crippen LogP contribution in [0.5, 0.6) is 0 Å². The molecule has 0 saturated carbocycles. The van der Waals surface area contributed by atoms with E-state index in [0.717, 1.165) is 25.3 Å². The standard InChI is InChI=1S/C15H16F2N2O/c1-2-3-4-7-18-15(20)11-8-10-5-6-12(16)13(17)14(10)19-9-11/h5-6,8-9H,2-4,7H2,1H3,(H,18,20). The average molecular weight is 278 g/mol. The van der Waals surface area contributed by atoms with E-state index < -0.39 is 11.6 Å². The molecule has 0 bridgehead atoms. The summed E-state index contributed by atoms with van der Waals surface area (Å²) in [5.74, 6) is -2.18. The number of nitrogens with zero attached hydrogens (tertiary/aromatic N) is 1. The van der Waals surface area contributed by atoms with E-state index in [-0.39, 0.29) is 11.4 Å². The second-order valence-electron chi connectivity index (χ2n) is 4.62. The van der Waals surface area contributed by atoms with E-state index >= 15 is 0 Å². The van der Waals surface area contributed by atoms with Crippen molar-refractivity contribution in [2.45, 2.75) is 26.2 Å². The lowest BCUT2D eigenvalue weighted by molar-refractivity contribution is 0.0953. The molecular weight excluding hydrogens is 262 g/mol. The van der Waals surface area contributed by atoms with Crippen molar-refractivity contribution in [3.63, 3.8) is 0 Å². The number of nitrogens with one attached hydrogen (secondary N) is 1. The van der Waals surface area contributed by atoms with Gasteiger partial charge in [-0.05, 0) is 24.6 Å². The van der Waals surface area contributed by atoms with Gasteiger partial charge in [-0.2, -0.15) is 0 Å². The molecule has 0 spiro atoms. The van der Waals surface area contributed by atoms with Gasteiger partial charge >= 0.3 is 0 Å². The molecule has 1 amide bonds. The van der Waals surface area contributed by atoms with Crippen molar-refractivity contribution in [2.24, 2.45) is 0 Å². The van der Waals surface area contributed by atoms with Gasteiger partial charge in [0.1, 0.15) is 5.52 Å². The third-order valence-electron chi connectivity index (χ3n) is 3.07. The molecule has 0 fully saturated rings. The van der Waals surface area contributed by atoms with Gasteiger partial charge in [-0.25, -0.2) is 8.78 Å². The molecule has 1 aromatic heterocycles. The van der Waals surface area contributed by atoms with Crippen molar-refractivity contribution in [2.75, 3.05) is 6.54 Å². The zero-order valence-corrected chi connectivity index (χ0v) is 11.2. The Morgan fingerprint density at radius 1 is 1.30 bits per heavy atom. The van der Waals surface area contributed by atoms with Gasteiger partial charge in [-0.15, -0.1) is 0 Å². The first-order chi connectivity index (χ1) is 9.63. The fourth-order valence-corrected chi connectivity index (χ4v) is 1.94. The van der Waals surface area contributed by atoms with Gasteiger partial charge < -0.3 is 5.32 Å². The number of benzene rings is 1. The Labute approximate surface area is 116 Å². The summed E-state index contributed by atoms with van der Waals surface area (Å²) in [6.07, 6.45) is 4.32. The number of hydrogen-bond donors (Lipinski definition) is 1. The lowest BCUT2D eigenvalue weighted by atomic mass is 10.1. The first kappa shape index (κ1) is 14.4. The van der Waals surface area contributed by atoms with Crippen molar-refractivity contribution < 1.29 is 13.6 Å². The number of carbonyl (C=O) groups is 1. The maximum atomic E-state index is 13.5. The summed E-state index contributed by atoms with van der Waals surface area (Å²) in [5.41, 5.74) is 0.285. The van der Waals surface area contributed by atoms with Gasteiger partial charge in [0.05, 0.1) is 5.56 Å². The molecule has 0 radical (unpaired) electrons. The Morgan fingerprint density at radius 3 is 2.85 bits per heavy atom. The normalized spacial score (nSPS) is 10.8. The Bertz CT molecular complexity index is 629. The molecule has 1 aromatic carbocycles. The molecule has 20 heavy (non-hydrogen) atoms. The minimum absolute atomic E-state index is 0.0625. The molecule has 0 aliphatic heterocycles. The SMILES string of the molecule is CCCCCNC(=O)c1cnc2c(F)c(F)ccc2c1. The number of pyridine rings is 1. The molecule has 0 atom stereocenters. The molecule has 106 valence electrons. The number of unbranched alkanes of at least 4 members (excludes halogenated alkanes) is 2. The van der Waals surface area contributed by atoms with E-state index in [1.165, 1.54) is 18.3 Å². The van der Waals surface area contributed by atoms with E-state index in [9.17, 15) is 13.6 Å². The predicted octanol–water partition coefficient (Wildman–Crippen LogP) is 3.43. The molecule has 1 heterocycles. The maximum Gasteiger partial charge on any atom is 0.252 e. The molecular formula is C15H16F2N2O. The molecule has 1 N–H and O–H groups in total. The quantitative estimate of drug-likeness (QED) is 0.851. The van der Waals surface area contributed by atoms with Crippen molar-refractivity contribution in [1.82, 2.24) is 10.3 Å². The van der Waals surface area contributed by atoms with E-state index in [0.29, 0.717) is 17.5 Å². The highest BCUT2D eigenvalue weighted by Crippen LogP contribution is 2.19. The highest BCUT2D eigenvalue weighted by Gasteiger charge is 2.11. The fourth-order valence-electron chi connectivity index (χ4n) is 1.94. The molecule has 2 rings (SSSR count). The minimum Gasteiger partial charge on any atom is -0.352 e. The Morgan fingerprint density at radius 2 is 2.10 bits per heavy atom. The van der Waals surface area contributed by atoms with Gasteiger partial charge in [0, 0.05) is 18.1 Å². The topological polar surface area (TPSA) is 42.0 Å². The Balaban J connectivity index is 2.15. The van der Waals surface area contributed by atoms with Crippen LogP contribution in [0.1, 0.15) is 36.5 Å². The third-order valence-corrected chi connectivity index (χ3v) is 3.07. The van der Waals surface area contributed by atoms with Gasteiger partial charge in [0.25, 0.3) is 5.91 Å². The molecule has 0 aliphatic carbocycles. The molecule has 2 aromatic rings. The van der Waals surface area contributed by atoms with Crippen molar-refractivity contribution in [1.29, 1.82) is 0 Å². The predicted molar refractivity (Wildman–Crippen MR) is 73.5 cm³/mol. The summed E-state index contributed by atoms with van der Waals surface area (Å²) in [6, 6.07) is 3.96. The summed E-state index contributed by atoms with van der Waals surface area (Å²) in [6.45, 7) is 2.69. The van der Waals surface area contributed by atoms with Crippen LogP contribution in [0.2, 0.25) is 0 Å². The average Bonchev–Trinajstić information content (AvgIpc) is 2.47. The van der Waals surface area contributed by atoms with E-state index in [1.54, 1.807) is 0 Å². The number of hydrogen-bond acceptors (Lipinski definition) is 2. The lowest BCUT2D eigenvalue weighted by Gasteiger charge is -2.06. The van der Waals surface area contributed by atoms with Gasteiger partial charge in [0.15, 0.2) is 11.6 Å². The largest absolute Gasteiger partial charge is 0.352 e. The van der Waals surface area contributed by atoms with Crippen LogP contribution in [-0.2, 0) is 0 Å². The van der Waals surface area contributed by atoms with Crippen LogP contribution in [0, 0.1) is 11.6 Å². The molecule has 0 saturated heterocycles. The second kappa shape index (κ2) is 6.41. The van der Waals surface area contributed by atoms with Crippen LogP contribution in [0.25, 0.3) is 10.9 Å².